The number of hydrogen-bond donors (Lipinski definition) is 1. The average molecular weight is 449 g/mol. The van der Waals surface area contributed by atoms with Gasteiger partial charge in [-0.15, -0.1) is 0 Å². The summed E-state index contributed by atoms with van der Waals surface area (Å²) < 4.78 is 6.90. The number of anilines is 1. The molecule has 0 radical (unpaired) electrons. The Labute approximate surface area is 190 Å². The van der Waals surface area contributed by atoms with E-state index in [1.54, 1.807) is 29.9 Å². The highest BCUT2D eigenvalue weighted by molar-refractivity contribution is 6.31. The Morgan fingerprint density at radius 2 is 1.81 bits per heavy atom. The summed E-state index contributed by atoms with van der Waals surface area (Å²) in [7, 11) is 0. The Kier molecular flexibility index (Phi) is 6.18. The number of carbonyl (C=O) groups excluding carboxylic acids is 2. The van der Waals surface area contributed by atoms with Gasteiger partial charge in [0.05, 0.1) is 29.5 Å². The molecule has 0 aliphatic rings. The van der Waals surface area contributed by atoms with Crippen LogP contribution in [0.3, 0.4) is 0 Å². The zero-order chi connectivity index (χ0) is 22.7. The fraction of sp³-hybridized carbons (Fsp3) is 0.167. The standard InChI is InChI=1S/C24H21ClN4O3/c1-15-18-8-4-6-10-20(18)27-16(2)23(15)24(31)32-14-22(30)28-21-11-12-26-29(21)13-17-7-3-5-9-19(17)25/h3-12H,13-14H2,1-2H3,(H,28,30). The third kappa shape index (κ3) is 4.48. The van der Waals surface area contributed by atoms with Crippen molar-refractivity contribution >= 4 is 40.2 Å². The van der Waals surface area contributed by atoms with Crippen LogP contribution in [0.15, 0.2) is 60.8 Å². The van der Waals surface area contributed by atoms with Crippen molar-refractivity contribution in [3.05, 3.63) is 88.2 Å². The summed E-state index contributed by atoms with van der Waals surface area (Å²) in [5.41, 5.74) is 3.39. The lowest BCUT2D eigenvalue weighted by molar-refractivity contribution is -0.119. The number of ether oxygens (including phenoxy) is 1. The van der Waals surface area contributed by atoms with Gasteiger partial charge in [0.25, 0.3) is 5.91 Å². The predicted molar refractivity (Wildman–Crippen MR) is 123 cm³/mol. The van der Waals surface area contributed by atoms with Crippen LogP contribution in [0.2, 0.25) is 5.02 Å². The molecule has 2 aromatic heterocycles. The number of halogens is 1. The summed E-state index contributed by atoms with van der Waals surface area (Å²) in [5, 5.41) is 8.44. The molecule has 2 heterocycles. The highest BCUT2D eigenvalue weighted by Crippen LogP contribution is 2.23. The van der Waals surface area contributed by atoms with Gasteiger partial charge < -0.3 is 10.1 Å². The largest absolute Gasteiger partial charge is 0.452 e. The number of aryl methyl sites for hydroxylation is 2. The molecule has 0 bridgehead atoms. The zero-order valence-corrected chi connectivity index (χ0v) is 18.4. The lowest BCUT2D eigenvalue weighted by Crippen LogP contribution is -2.23. The number of fused-ring (bicyclic) bond motifs is 1. The molecule has 162 valence electrons. The van der Waals surface area contributed by atoms with Crippen molar-refractivity contribution in [3.8, 4) is 0 Å². The summed E-state index contributed by atoms with van der Waals surface area (Å²) in [6, 6.07) is 16.7. The molecule has 0 saturated heterocycles. The van der Waals surface area contributed by atoms with Crippen LogP contribution in [0.25, 0.3) is 10.9 Å². The molecule has 8 heteroatoms. The normalized spacial score (nSPS) is 10.8. The summed E-state index contributed by atoms with van der Waals surface area (Å²) in [6.07, 6.45) is 1.58. The van der Waals surface area contributed by atoms with Crippen LogP contribution in [-0.2, 0) is 16.1 Å². The van der Waals surface area contributed by atoms with E-state index in [9.17, 15) is 9.59 Å². The monoisotopic (exact) mass is 448 g/mol. The molecule has 0 fully saturated rings. The van der Waals surface area contributed by atoms with E-state index in [0.29, 0.717) is 28.6 Å². The quantitative estimate of drug-likeness (QED) is 0.437. The van der Waals surface area contributed by atoms with Gasteiger partial charge in [0, 0.05) is 16.5 Å². The van der Waals surface area contributed by atoms with Crippen molar-refractivity contribution in [2.45, 2.75) is 20.4 Å². The third-order valence-electron chi connectivity index (χ3n) is 5.13. The van der Waals surface area contributed by atoms with Gasteiger partial charge >= 0.3 is 5.97 Å². The molecular weight excluding hydrogens is 428 g/mol. The van der Waals surface area contributed by atoms with Crippen molar-refractivity contribution in [1.82, 2.24) is 14.8 Å². The Morgan fingerprint density at radius 3 is 2.62 bits per heavy atom. The number of para-hydroxylation sites is 1. The second kappa shape index (κ2) is 9.20. The molecule has 32 heavy (non-hydrogen) atoms. The number of nitrogens with one attached hydrogen (secondary N) is 1. The fourth-order valence-electron chi connectivity index (χ4n) is 3.57. The average Bonchev–Trinajstić information content (AvgIpc) is 3.20. The summed E-state index contributed by atoms with van der Waals surface area (Å²) >= 11 is 6.21. The molecule has 0 saturated carbocycles. The Morgan fingerprint density at radius 1 is 1.06 bits per heavy atom. The minimum absolute atomic E-state index is 0.375. The van der Waals surface area contributed by atoms with Crippen molar-refractivity contribution in [1.29, 1.82) is 0 Å². The van der Waals surface area contributed by atoms with E-state index in [-0.39, 0.29) is 0 Å². The van der Waals surface area contributed by atoms with E-state index in [2.05, 4.69) is 15.4 Å². The molecule has 4 aromatic rings. The number of nitrogens with zero attached hydrogens (tertiary/aromatic N) is 3. The smallest absolute Gasteiger partial charge is 0.340 e. The van der Waals surface area contributed by atoms with E-state index in [1.165, 1.54) is 0 Å². The Balaban J connectivity index is 1.42. The van der Waals surface area contributed by atoms with Gasteiger partial charge in [0.1, 0.15) is 5.82 Å². The predicted octanol–water partition coefficient (Wildman–Crippen LogP) is 4.55. The molecule has 0 aliphatic carbocycles. The number of benzene rings is 2. The van der Waals surface area contributed by atoms with Crippen LogP contribution >= 0.6 is 11.6 Å². The summed E-state index contributed by atoms with van der Waals surface area (Å²) in [6.45, 7) is 3.56. The maximum absolute atomic E-state index is 12.7. The van der Waals surface area contributed by atoms with Gasteiger partial charge in [-0.25, -0.2) is 9.48 Å². The molecule has 0 unspecified atom stereocenters. The minimum Gasteiger partial charge on any atom is -0.452 e. The zero-order valence-electron chi connectivity index (χ0n) is 17.6. The number of amides is 1. The number of aromatic nitrogens is 3. The van der Waals surface area contributed by atoms with E-state index >= 15 is 0 Å². The molecule has 4 rings (SSSR count). The van der Waals surface area contributed by atoms with Crippen molar-refractivity contribution < 1.29 is 14.3 Å². The van der Waals surface area contributed by atoms with Gasteiger partial charge in [-0.05, 0) is 37.1 Å². The van der Waals surface area contributed by atoms with Crippen LogP contribution in [0.5, 0.6) is 0 Å². The first-order valence-corrected chi connectivity index (χ1v) is 10.4. The van der Waals surface area contributed by atoms with Crippen molar-refractivity contribution in [3.63, 3.8) is 0 Å². The van der Waals surface area contributed by atoms with E-state index in [4.69, 9.17) is 16.3 Å². The van der Waals surface area contributed by atoms with Crippen LogP contribution in [-0.4, -0.2) is 33.2 Å². The maximum Gasteiger partial charge on any atom is 0.340 e. The van der Waals surface area contributed by atoms with Crippen molar-refractivity contribution in [2.75, 3.05) is 11.9 Å². The van der Waals surface area contributed by atoms with Crippen LogP contribution in [0.1, 0.15) is 27.2 Å². The maximum atomic E-state index is 12.7. The second-order valence-corrected chi connectivity index (χ2v) is 7.71. The minimum atomic E-state index is -0.585. The van der Waals surface area contributed by atoms with E-state index in [1.807, 2.05) is 49.4 Å². The van der Waals surface area contributed by atoms with Crippen LogP contribution < -0.4 is 5.32 Å². The fourth-order valence-corrected chi connectivity index (χ4v) is 3.76. The SMILES string of the molecule is Cc1nc2ccccc2c(C)c1C(=O)OCC(=O)Nc1ccnn1Cc1ccccc1Cl. The molecule has 1 N–H and O–H groups in total. The van der Waals surface area contributed by atoms with Crippen LogP contribution in [0.4, 0.5) is 5.82 Å². The topological polar surface area (TPSA) is 86.1 Å². The molecule has 7 nitrogen and oxygen atoms in total. The van der Waals surface area contributed by atoms with Gasteiger partial charge in [0.15, 0.2) is 6.61 Å². The number of esters is 1. The number of hydrogen-bond acceptors (Lipinski definition) is 5. The molecule has 1 amide bonds. The number of pyridine rings is 1. The second-order valence-electron chi connectivity index (χ2n) is 7.30. The number of rotatable bonds is 6. The summed E-state index contributed by atoms with van der Waals surface area (Å²) in [4.78, 5) is 29.6. The molecular formula is C24H21ClN4O3. The first-order chi connectivity index (χ1) is 15.4. The van der Waals surface area contributed by atoms with E-state index < -0.39 is 18.5 Å². The highest BCUT2D eigenvalue weighted by Gasteiger charge is 2.19. The van der Waals surface area contributed by atoms with Gasteiger partial charge in [-0.3, -0.25) is 9.78 Å². The molecule has 0 atom stereocenters. The van der Waals surface area contributed by atoms with Gasteiger partial charge in [-0.1, -0.05) is 48.0 Å². The van der Waals surface area contributed by atoms with Gasteiger partial charge in [0.2, 0.25) is 0 Å². The number of carbonyl (C=O) groups is 2. The Hall–Kier alpha value is -3.71. The Bertz CT molecular complexity index is 1320. The lowest BCUT2D eigenvalue weighted by Gasteiger charge is -2.13. The lowest BCUT2D eigenvalue weighted by atomic mass is 10.0. The van der Waals surface area contributed by atoms with Crippen LogP contribution in [0, 0.1) is 13.8 Å². The van der Waals surface area contributed by atoms with Crippen molar-refractivity contribution in [2.24, 2.45) is 0 Å². The first kappa shape index (κ1) is 21.5. The molecule has 0 spiro atoms. The third-order valence-corrected chi connectivity index (χ3v) is 5.50. The molecule has 0 aliphatic heterocycles. The highest BCUT2D eigenvalue weighted by atomic mass is 35.5. The van der Waals surface area contributed by atoms with Gasteiger partial charge in [-0.2, -0.15) is 5.10 Å². The van der Waals surface area contributed by atoms with E-state index in [0.717, 1.165) is 22.0 Å². The first-order valence-electron chi connectivity index (χ1n) is 10.0. The summed E-state index contributed by atoms with van der Waals surface area (Å²) in [5.74, 6) is -0.577. The molecule has 2 aromatic carbocycles.